The van der Waals surface area contributed by atoms with Crippen molar-refractivity contribution >= 4 is 12.6 Å². The third-order valence-corrected chi connectivity index (χ3v) is 1.95. The van der Waals surface area contributed by atoms with Gasteiger partial charge >= 0.3 is 0 Å². The number of nitrogens with one attached hydrogen (secondary N) is 1. The number of hydrogen-bond acceptors (Lipinski definition) is 3. The maximum Gasteiger partial charge on any atom is 0.0823 e. The Labute approximate surface area is 55.0 Å². The third-order valence-electron chi connectivity index (χ3n) is 1.43. The average Bonchev–Trinajstić information content (AvgIpc) is 2.14. The molecule has 2 atom stereocenters. The van der Waals surface area contributed by atoms with E-state index in [0.717, 1.165) is 13.1 Å². The molecule has 1 saturated heterocycles. The second-order valence-electron chi connectivity index (χ2n) is 2.00. The lowest BCUT2D eigenvalue weighted by molar-refractivity contribution is 0.123. The second kappa shape index (κ2) is 2.71. The molecule has 0 aromatic carbocycles. The SMILES string of the molecule is COC1CNCC1S. The Morgan fingerprint density at radius 3 is 2.62 bits per heavy atom. The minimum absolute atomic E-state index is 0.318. The van der Waals surface area contributed by atoms with Crippen molar-refractivity contribution in [3.63, 3.8) is 0 Å². The van der Waals surface area contributed by atoms with Gasteiger partial charge in [-0.25, -0.2) is 0 Å². The van der Waals surface area contributed by atoms with E-state index in [1.54, 1.807) is 7.11 Å². The molecule has 8 heavy (non-hydrogen) atoms. The van der Waals surface area contributed by atoms with Gasteiger partial charge < -0.3 is 10.1 Å². The topological polar surface area (TPSA) is 21.3 Å². The molecule has 0 saturated carbocycles. The van der Waals surface area contributed by atoms with Crippen LogP contribution in [-0.4, -0.2) is 31.6 Å². The molecule has 1 fully saturated rings. The molecule has 0 aromatic heterocycles. The molecule has 3 heteroatoms. The largest absolute Gasteiger partial charge is 0.379 e. The van der Waals surface area contributed by atoms with Crippen molar-refractivity contribution in [2.75, 3.05) is 20.2 Å². The molecule has 1 aliphatic heterocycles. The van der Waals surface area contributed by atoms with Crippen LogP contribution in [0, 0.1) is 0 Å². The summed E-state index contributed by atoms with van der Waals surface area (Å²) >= 11 is 4.28. The van der Waals surface area contributed by atoms with Gasteiger partial charge in [0.2, 0.25) is 0 Å². The second-order valence-corrected chi connectivity index (χ2v) is 2.66. The monoisotopic (exact) mass is 133 g/mol. The van der Waals surface area contributed by atoms with Crippen molar-refractivity contribution in [3.8, 4) is 0 Å². The maximum absolute atomic E-state index is 5.08. The lowest BCUT2D eigenvalue weighted by atomic mass is 10.3. The fraction of sp³-hybridized carbons (Fsp3) is 1.00. The average molecular weight is 133 g/mol. The van der Waals surface area contributed by atoms with E-state index in [0.29, 0.717) is 11.4 Å². The van der Waals surface area contributed by atoms with Gasteiger partial charge in [0.1, 0.15) is 0 Å². The van der Waals surface area contributed by atoms with Crippen LogP contribution in [0.5, 0.6) is 0 Å². The zero-order chi connectivity index (χ0) is 5.98. The maximum atomic E-state index is 5.08. The van der Waals surface area contributed by atoms with Gasteiger partial charge in [0, 0.05) is 25.4 Å². The van der Waals surface area contributed by atoms with Gasteiger partial charge in [0.15, 0.2) is 0 Å². The van der Waals surface area contributed by atoms with Crippen molar-refractivity contribution in [2.24, 2.45) is 0 Å². The molecule has 2 nitrogen and oxygen atoms in total. The molecule has 48 valence electrons. The molecule has 1 aliphatic rings. The van der Waals surface area contributed by atoms with E-state index in [1.807, 2.05) is 0 Å². The van der Waals surface area contributed by atoms with Crippen LogP contribution in [0.3, 0.4) is 0 Å². The highest BCUT2D eigenvalue weighted by Crippen LogP contribution is 2.08. The Kier molecular flexibility index (Phi) is 2.16. The van der Waals surface area contributed by atoms with E-state index in [2.05, 4.69) is 17.9 Å². The minimum atomic E-state index is 0.318. The van der Waals surface area contributed by atoms with Crippen LogP contribution >= 0.6 is 12.6 Å². The van der Waals surface area contributed by atoms with E-state index < -0.39 is 0 Å². The number of methoxy groups -OCH3 is 1. The fourth-order valence-corrected chi connectivity index (χ4v) is 1.24. The molecule has 1 N–H and O–H groups in total. The summed E-state index contributed by atoms with van der Waals surface area (Å²) in [7, 11) is 1.72. The van der Waals surface area contributed by atoms with E-state index in [9.17, 15) is 0 Å². The first-order chi connectivity index (χ1) is 3.84. The summed E-state index contributed by atoms with van der Waals surface area (Å²) in [5.74, 6) is 0. The Hall–Kier alpha value is 0.270. The summed E-state index contributed by atoms with van der Waals surface area (Å²) in [4.78, 5) is 0. The molecule has 2 unspecified atom stereocenters. The Balaban J connectivity index is 2.30. The quantitative estimate of drug-likeness (QED) is 0.488. The minimum Gasteiger partial charge on any atom is -0.379 e. The van der Waals surface area contributed by atoms with Crippen LogP contribution in [0.25, 0.3) is 0 Å². The van der Waals surface area contributed by atoms with Crippen molar-refractivity contribution < 1.29 is 4.74 Å². The predicted molar refractivity (Wildman–Crippen MR) is 36.4 cm³/mol. The van der Waals surface area contributed by atoms with Crippen molar-refractivity contribution in [1.29, 1.82) is 0 Å². The van der Waals surface area contributed by atoms with E-state index >= 15 is 0 Å². The number of hydrogen-bond donors (Lipinski definition) is 2. The van der Waals surface area contributed by atoms with Crippen LogP contribution in [-0.2, 0) is 4.74 Å². The van der Waals surface area contributed by atoms with Crippen molar-refractivity contribution in [1.82, 2.24) is 5.32 Å². The molecule has 1 heterocycles. The van der Waals surface area contributed by atoms with Crippen LogP contribution in [0.4, 0.5) is 0 Å². The smallest absolute Gasteiger partial charge is 0.0823 e. The standard InChI is InChI=1S/C5H11NOS/c1-7-4-2-6-3-5(4)8/h4-6,8H,2-3H2,1H3. The molecule has 0 amide bonds. The molecule has 1 rings (SSSR count). The van der Waals surface area contributed by atoms with Crippen LogP contribution in [0.1, 0.15) is 0 Å². The summed E-state index contributed by atoms with van der Waals surface area (Å²) in [6.45, 7) is 1.92. The van der Waals surface area contributed by atoms with Gasteiger partial charge in [-0.05, 0) is 0 Å². The number of thiol groups is 1. The number of rotatable bonds is 1. The zero-order valence-corrected chi connectivity index (χ0v) is 5.82. The molecule has 0 radical (unpaired) electrons. The van der Waals surface area contributed by atoms with Gasteiger partial charge in [-0.2, -0.15) is 12.6 Å². The molecule has 0 aromatic rings. The number of ether oxygens (including phenoxy) is 1. The first-order valence-corrected chi connectivity index (χ1v) is 3.28. The Bertz CT molecular complexity index is 78.8. The van der Waals surface area contributed by atoms with Crippen molar-refractivity contribution in [3.05, 3.63) is 0 Å². The highest BCUT2D eigenvalue weighted by atomic mass is 32.1. The van der Waals surface area contributed by atoms with Crippen molar-refractivity contribution in [2.45, 2.75) is 11.4 Å². The lowest BCUT2D eigenvalue weighted by Crippen LogP contribution is -2.20. The van der Waals surface area contributed by atoms with Gasteiger partial charge in [-0.1, -0.05) is 0 Å². The summed E-state index contributed by atoms with van der Waals surface area (Å²) in [6.07, 6.45) is 0.318. The summed E-state index contributed by atoms with van der Waals surface area (Å²) in [6, 6.07) is 0. The summed E-state index contributed by atoms with van der Waals surface area (Å²) in [5, 5.41) is 3.56. The van der Waals surface area contributed by atoms with Crippen LogP contribution in [0.15, 0.2) is 0 Å². The zero-order valence-electron chi connectivity index (χ0n) is 4.92. The van der Waals surface area contributed by atoms with Crippen LogP contribution < -0.4 is 5.32 Å². The molecule has 0 aliphatic carbocycles. The highest BCUT2D eigenvalue weighted by molar-refractivity contribution is 7.81. The van der Waals surface area contributed by atoms with E-state index in [-0.39, 0.29) is 0 Å². The van der Waals surface area contributed by atoms with Gasteiger partial charge in [0.05, 0.1) is 6.10 Å². The van der Waals surface area contributed by atoms with Gasteiger partial charge in [0.25, 0.3) is 0 Å². The summed E-state index contributed by atoms with van der Waals surface area (Å²) < 4.78 is 5.08. The highest BCUT2D eigenvalue weighted by Gasteiger charge is 2.22. The molecule has 0 spiro atoms. The van der Waals surface area contributed by atoms with Crippen LogP contribution in [0.2, 0.25) is 0 Å². The molecule has 0 bridgehead atoms. The van der Waals surface area contributed by atoms with E-state index in [1.165, 1.54) is 0 Å². The molecular formula is C5H11NOS. The predicted octanol–water partition coefficient (Wildman–Crippen LogP) is -0.0970. The Morgan fingerprint density at radius 2 is 2.38 bits per heavy atom. The van der Waals surface area contributed by atoms with E-state index in [4.69, 9.17) is 4.74 Å². The Morgan fingerprint density at radius 1 is 1.62 bits per heavy atom. The molecular weight excluding hydrogens is 122 g/mol. The third kappa shape index (κ3) is 1.16. The lowest BCUT2D eigenvalue weighted by Gasteiger charge is -2.09. The first kappa shape index (κ1) is 6.39. The first-order valence-electron chi connectivity index (χ1n) is 2.76. The normalized spacial score (nSPS) is 38.2. The fourth-order valence-electron chi connectivity index (χ4n) is 0.881. The van der Waals surface area contributed by atoms with Gasteiger partial charge in [-0.3, -0.25) is 0 Å². The van der Waals surface area contributed by atoms with Gasteiger partial charge in [-0.15, -0.1) is 0 Å². The summed E-state index contributed by atoms with van der Waals surface area (Å²) in [5.41, 5.74) is 0.